The zero-order chi connectivity index (χ0) is 15.1. The van der Waals surface area contributed by atoms with Crippen molar-refractivity contribution in [2.75, 3.05) is 27.2 Å². The molecule has 1 amide bonds. The van der Waals surface area contributed by atoms with Crippen LogP contribution >= 0.6 is 0 Å². The summed E-state index contributed by atoms with van der Waals surface area (Å²) < 4.78 is 0. The molecule has 1 rings (SSSR count). The lowest BCUT2D eigenvalue weighted by Crippen LogP contribution is -2.25. The van der Waals surface area contributed by atoms with Crippen molar-refractivity contribution in [1.29, 1.82) is 0 Å². The third kappa shape index (κ3) is 4.85. The van der Waals surface area contributed by atoms with Crippen LogP contribution in [0.1, 0.15) is 23.2 Å². The van der Waals surface area contributed by atoms with Crippen LogP contribution in [0.2, 0.25) is 0 Å². The monoisotopic (exact) mass is 281 g/mol. The van der Waals surface area contributed by atoms with Crippen LogP contribution in [0.25, 0.3) is 0 Å². The number of nitrogens with zero attached hydrogens (tertiary/aromatic N) is 2. The normalized spacial score (nSPS) is 10.6. The number of unbranched alkanes of at least 4 members (excludes halogenated alkanes) is 1. The number of hydrogen-bond donors (Lipinski definition) is 2. The third-order valence-corrected chi connectivity index (χ3v) is 2.75. The number of aromatic hydroxyl groups is 1. The van der Waals surface area contributed by atoms with Gasteiger partial charge in [0.1, 0.15) is 0 Å². The average molecular weight is 281 g/mol. The van der Waals surface area contributed by atoms with Crippen molar-refractivity contribution in [3.8, 4) is 5.75 Å². The van der Waals surface area contributed by atoms with Crippen LogP contribution in [-0.2, 0) is 0 Å². The van der Waals surface area contributed by atoms with E-state index in [0.29, 0.717) is 6.54 Å². The molecule has 1 aromatic carbocycles. The Bertz CT molecular complexity index is 489. The summed E-state index contributed by atoms with van der Waals surface area (Å²) in [6.45, 7) is 1.48. The highest BCUT2D eigenvalue weighted by atomic mass is 16.6. The first-order valence-electron chi connectivity index (χ1n) is 6.32. The molecule has 0 fully saturated rings. The van der Waals surface area contributed by atoms with Gasteiger partial charge in [-0.2, -0.15) is 0 Å². The first-order valence-corrected chi connectivity index (χ1v) is 6.32. The van der Waals surface area contributed by atoms with Crippen molar-refractivity contribution < 1.29 is 14.8 Å². The fourth-order valence-electron chi connectivity index (χ4n) is 1.68. The summed E-state index contributed by atoms with van der Waals surface area (Å²) in [6.07, 6.45) is 1.82. The van der Waals surface area contributed by atoms with Gasteiger partial charge in [0.2, 0.25) is 0 Å². The Morgan fingerprint density at radius 2 is 2.10 bits per heavy atom. The summed E-state index contributed by atoms with van der Waals surface area (Å²) >= 11 is 0. The molecule has 0 aliphatic carbocycles. The van der Waals surface area contributed by atoms with Crippen LogP contribution in [0.5, 0.6) is 5.75 Å². The predicted molar refractivity (Wildman–Crippen MR) is 74.9 cm³/mol. The highest BCUT2D eigenvalue weighted by Crippen LogP contribution is 2.26. The molecule has 0 atom stereocenters. The van der Waals surface area contributed by atoms with E-state index in [1.54, 1.807) is 0 Å². The topological polar surface area (TPSA) is 95.7 Å². The van der Waals surface area contributed by atoms with Gasteiger partial charge in [-0.15, -0.1) is 0 Å². The maximum absolute atomic E-state index is 11.8. The largest absolute Gasteiger partial charge is 0.502 e. The fraction of sp³-hybridized carbons (Fsp3) is 0.462. The van der Waals surface area contributed by atoms with E-state index in [-0.39, 0.29) is 11.5 Å². The smallest absolute Gasteiger partial charge is 0.310 e. The van der Waals surface area contributed by atoms with Gasteiger partial charge in [-0.1, -0.05) is 0 Å². The van der Waals surface area contributed by atoms with Crippen LogP contribution in [0.3, 0.4) is 0 Å². The number of benzene rings is 1. The summed E-state index contributed by atoms with van der Waals surface area (Å²) in [5.74, 6) is -0.852. The van der Waals surface area contributed by atoms with Gasteiger partial charge in [0.15, 0.2) is 5.75 Å². The van der Waals surface area contributed by atoms with Gasteiger partial charge in [-0.25, -0.2) is 0 Å². The number of nitrogens with one attached hydrogen (secondary N) is 1. The molecule has 110 valence electrons. The molecule has 1 aromatic rings. The molecule has 0 unspecified atom stereocenters. The molecule has 0 bridgehead atoms. The number of phenols is 1. The summed E-state index contributed by atoms with van der Waals surface area (Å²) in [4.78, 5) is 23.7. The number of carbonyl (C=O) groups is 1. The molecule has 0 radical (unpaired) electrons. The van der Waals surface area contributed by atoms with Gasteiger partial charge in [0.25, 0.3) is 5.91 Å². The molecule has 0 aromatic heterocycles. The van der Waals surface area contributed by atoms with E-state index in [0.717, 1.165) is 31.5 Å². The standard InChI is InChI=1S/C13H19N3O4/c1-15(2)8-4-3-7-14-13(18)10-5-6-11(16(19)20)12(17)9-10/h5-6,9,17H,3-4,7-8H2,1-2H3,(H,14,18). The molecule has 0 aliphatic rings. The molecular weight excluding hydrogens is 262 g/mol. The summed E-state index contributed by atoms with van der Waals surface area (Å²) in [5.41, 5.74) is -0.201. The van der Waals surface area contributed by atoms with Crippen LogP contribution in [0.4, 0.5) is 5.69 Å². The Hall–Kier alpha value is -2.15. The maximum atomic E-state index is 11.8. The predicted octanol–water partition coefficient (Wildman–Crippen LogP) is 1.37. The second-order valence-corrected chi connectivity index (χ2v) is 4.73. The van der Waals surface area contributed by atoms with Crippen molar-refractivity contribution >= 4 is 11.6 Å². The lowest BCUT2D eigenvalue weighted by atomic mass is 10.1. The number of nitro groups is 1. The summed E-state index contributed by atoms with van der Waals surface area (Å²) in [6, 6.07) is 3.55. The van der Waals surface area contributed by atoms with E-state index in [4.69, 9.17) is 0 Å². The van der Waals surface area contributed by atoms with Crippen LogP contribution in [-0.4, -0.2) is 48.0 Å². The van der Waals surface area contributed by atoms with Crippen molar-refractivity contribution in [3.63, 3.8) is 0 Å². The number of phenolic OH excluding ortho intramolecular Hbond substituents is 1. The SMILES string of the molecule is CN(C)CCCCNC(=O)c1ccc([N+](=O)[O-])c(O)c1. The summed E-state index contributed by atoms with van der Waals surface area (Å²) in [5, 5.41) is 22.7. The van der Waals surface area contributed by atoms with E-state index in [2.05, 4.69) is 10.2 Å². The van der Waals surface area contributed by atoms with Gasteiger partial charge in [-0.3, -0.25) is 14.9 Å². The average Bonchev–Trinajstić information content (AvgIpc) is 2.37. The Morgan fingerprint density at radius 1 is 1.40 bits per heavy atom. The number of nitro benzene ring substituents is 1. The van der Waals surface area contributed by atoms with E-state index in [1.807, 2.05) is 14.1 Å². The molecule has 0 spiro atoms. The molecule has 2 N–H and O–H groups in total. The first-order chi connectivity index (χ1) is 9.41. The lowest BCUT2D eigenvalue weighted by molar-refractivity contribution is -0.385. The maximum Gasteiger partial charge on any atom is 0.310 e. The Morgan fingerprint density at radius 3 is 2.65 bits per heavy atom. The zero-order valence-corrected chi connectivity index (χ0v) is 11.6. The molecular formula is C13H19N3O4. The second kappa shape index (κ2) is 7.44. The second-order valence-electron chi connectivity index (χ2n) is 4.73. The van der Waals surface area contributed by atoms with Crippen molar-refractivity contribution in [3.05, 3.63) is 33.9 Å². The minimum absolute atomic E-state index is 0.209. The van der Waals surface area contributed by atoms with E-state index >= 15 is 0 Å². The molecule has 7 nitrogen and oxygen atoms in total. The number of carbonyl (C=O) groups excluding carboxylic acids is 1. The molecule has 0 saturated heterocycles. The third-order valence-electron chi connectivity index (χ3n) is 2.75. The molecule has 0 heterocycles. The Balaban J connectivity index is 2.48. The fourth-order valence-corrected chi connectivity index (χ4v) is 1.68. The van der Waals surface area contributed by atoms with E-state index in [1.165, 1.54) is 6.07 Å². The Labute approximate surface area is 117 Å². The molecule has 0 aliphatic heterocycles. The van der Waals surface area contributed by atoms with Crippen molar-refractivity contribution in [2.24, 2.45) is 0 Å². The minimum atomic E-state index is -0.696. The van der Waals surface area contributed by atoms with Crippen LogP contribution in [0, 0.1) is 10.1 Å². The lowest BCUT2D eigenvalue weighted by Gasteiger charge is -2.09. The molecule has 7 heteroatoms. The zero-order valence-electron chi connectivity index (χ0n) is 11.6. The minimum Gasteiger partial charge on any atom is -0.502 e. The number of amides is 1. The van der Waals surface area contributed by atoms with Gasteiger partial charge in [0, 0.05) is 18.2 Å². The van der Waals surface area contributed by atoms with Crippen LogP contribution < -0.4 is 5.32 Å². The quantitative estimate of drug-likeness (QED) is 0.447. The highest BCUT2D eigenvalue weighted by molar-refractivity contribution is 5.95. The first kappa shape index (κ1) is 15.9. The van der Waals surface area contributed by atoms with Crippen molar-refractivity contribution in [1.82, 2.24) is 10.2 Å². The molecule has 0 saturated carbocycles. The molecule has 20 heavy (non-hydrogen) atoms. The van der Waals surface area contributed by atoms with Gasteiger partial charge < -0.3 is 15.3 Å². The Kier molecular flexibility index (Phi) is 5.92. The summed E-state index contributed by atoms with van der Waals surface area (Å²) in [7, 11) is 3.97. The van der Waals surface area contributed by atoms with Crippen LogP contribution in [0.15, 0.2) is 18.2 Å². The van der Waals surface area contributed by atoms with Crippen molar-refractivity contribution in [2.45, 2.75) is 12.8 Å². The van der Waals surface area contributed by atoms with E-state index < -0.39 is 16.4 Å². The number of hydrogen-bond acceptors (Lipinski definition) is 5. The number of rotatable bonds is 7. The van der Waals surface area contributed by atoms with E-state index in [9.17, 15) is 20.0 Å². The highest BCUT2D eigenvalue weighted by Gasteiger charge is 2.15. The van der Waals surface area contributed by atoms with Gasteiger partial charge in [0.05, 0.1) is 4.92 Å². The van der Waals surface area contributed by atoms with Gasteiger partial charge in [-0.05, 0) is 45.6 Å². The van der Waals surface area contributed by atoms with Gasteiger partial charge >= 0.3 is 5.69 Å².